The fourth-order valence-corrected chi connectivity index (χ4v) is 18.3. The first-order valence-electron chi connectivity index (χ1n) is 43.3. The molecule has 0 spiro atoms. The Morgan fingerprint density at radius 1 is 0.242 bits per heavy atom. The van der Waals surface area contributed by atoms with E-state index in [-0.39, 0.29) is 10.8 Å². The third kappa shape index (κ3) is 17.1. The Morgan fingerprint density at radius 3 is 1.02 bits per heavy atom. The number of fused-ring (bicyclic) bond motifs is 15. The van der Waals surface area contributed by atoms with Crippen molar-refractivity contribution in [2.45, 2.75) is 117 Å². The number of hydrogen-bond acceptors (Lipinski definition) is 5. The van der Waals surface area contributed by atoms with E-state index in [1.807, 2.05) is 36.8 Å². The maximum atomic E-state index is 5.07. The van der Waals surface area contributed by atoms with Gasteiger partial charge in [-0.15, -0.1) is 0 Å². The highest BCUT2D eigenvalue weighted by Crippen LogP contribution is 2.41. The fraction of sp³-hybridized carbons (Fsp3) is 0.211. The highest BCUT2D eigenvalue weighted by Gasteiger charge is 2.27. The van der Waals surface area contributed by atoms with Crippen LogP contribution in [0.4, 0.5) is 0 Å². The molecule has 0 atom stereocenters. The summed E-state index contributed by atoms with van der Waals surface area (Å²) < 4.78 is 11.0. The maximum Gasteiger partial charge on any atom is 0.215 e. The van der Waals surface area contributed by atoms with Gasteiger partial charge in [-0.3, -0.25) is 24.9 Å². The van der Waals surface area contributed by atoms with Crippen molar-refractivity contribution >= 4 is 108 Å². The lowest BCUT2D eigenvalue weighted by atomic mass is 9.87. The maximum absolute atomic E-state index is 5.07. The first-order valence-corrected chi connectivity index (χ1v) is 43.3. The molecule has 0 amide bonds. The molecule has 10 aromatic carbocycles. The van der Waals surface area contributed by atoms with Gasteiger partial charge in [-0.25, -0.2) is 22.8 Å². The molecule has 0 aliphatic heterocycles. The average Bonchev–Trinajstić information content (AvgIpc) is 0.642. The average molecular weight is 1620 g/mol. The molecule has 0 saturated carbocycles. The topological polar surface area (TPSA) is 83.8 Å². The third-order valence-corrected chi connectivity index (χ3v) is 24.3. The summed E-state index contributed by atoms with van der Waals surface area (Å²) in [6, 6.07) is 88.5. The van der Waals surface area contributed by atoms with Crippen LogP contribution in [0, 0.1) is 73.1 Å². The van der Waals surface area contributed by atoms with E-state index in [1.165, 1.54) is 187 Å². The van der Waals surface area contributed by atoms with E-state index in [4.69, 9.17) is 9.97 Å². The lowest BCUT2D eigenvalue weighted by Gasteiger charge is -2.18. The summed E-state index contributed by atoms with van der Waals surface area (Å²) in [5.41, 5.74) is 32.0. The van der Waals surface area contributed by atoms with E-state index in [2.05, 4.69) is 438 Å². The van der Waals surface area contributed by atoms with Gasteiger partial charge in [0.1, 0.15) is 35.2 Å². The second-order valence-electron chi connectivity index (χ2n) is 36.4. The SMILES string of the molecule is Cc1cc[n+](C)c(-c2c(C)ccc3c2cnc2ccccc23)c1.Cc1ccc(-c2c(C)ccc3c2cnc2ccccc23)[n+](C)c1.Cc1ccc2c(cnc3ccccc32)c1-c1cccc[n+]1C.Cc1ccc2c(nc(C)c3ccccc32)c1-c1cc(CC(C)(C)C)cc[n+]1C.Cc1ccc2c(nc(C)c3ccccc32)c1-c1ccc(CC(C)(C)C)c[n+]1C. The van der Waals surface area contributed by atoms with Crippen LogP contribution < -0.4 is 22.8 Å². The van der Waals surface area contributed by atoms with Crippen molar-refractivity contribution in [1.29, 1.82) is 0 Å². The zero-order valence-electron chi connectivity index (χ0n) is 75.7. The molecule has 10 heteroatoms. The summed E-state index contributed by atoms with van der Waals surface area (Å²) in [6.07, 6.45) is 19.0. The summed E-state index contributed by atoms with van der Waals surface area (Å²) in [5.74, 6) is 0. The van der Waals surface area contributed by atoms with Crippen LogP contribution in [0.1, 0.15) is 103 Å². The molecule has 0 radical (unpaired) electrons. The molecule has 124 heavy (non-hydrogen) atoms. The minimum atomic E-state index is 0.260. The van der Waals surface area contributed by atoms with E-state index in [0.29, 0.717) is 0 Å². The summed E-state index contributed by atoms with van der Waals surface area (Å²) in [4.78, 5) is 24.1. The van der Waals surface area contributed by atoms with Crippen LogP contribution in [0.5, 0.6) is 0 Å². The van der Waals surface area contributed by atoms with Crippen molar-refractivity contribution in [3.05, 3.63) is 360 Å². The number of para-hydroxylation sites is 3. The third-order valence-electron chi connectivity index (χ3n) is 24.3. The Bertz CT molecular complexity index is 7570. The monoisotopic (exact) mass is 1620 g/mol. The molecule has 20 aromatic rings. The molecule has 0 fully saturated rings. The molecule has 10 nitrogen and oxygen atoms in total. The lowest BCUT2D eigenvalue weighted by Crippen LogP contribution is -2.32. The molecule has 0 bridgehead atoms. The van der Waals surface area contributed by atoms with Crippen LogP contribution in [0.15, 0.2) is 298 Å². The zero-order valence-corrected chi connectivity index (χ0v) is 75.7. The zero-order chi connectivity index (χ0) is 87.2. The highest BCUT2D eigenvalue weighted by atomic mass is 14.9. The molecular formula is C114H113N10+5. The Balaban J connectivity index is 0.000000115. The normalized spacial score (nSPS) is 11.6. The van der Waals surface area contributed by atoms with Gasteiger partial charge in [0.05, 0.1) is 55.4 Å². The van der Waals surface area contributed by atoms with E-state index in [9.17, 15) is 0 Å². The van der Waals surface area contributed by atoms with Gasteiger partial charge in [0.2, 0.25) is 28.5 Å². The fourth-order valence-electron chi connectivity index (χ4n) is 18.3. The smallest absolute Gasteiger partial charge is 0.215 e. The number of benzene rings is 10. The summed E-state index contributed by atoms with van der Waals surface area (Å²) in [7, 11) is 10.6. The molecule has 614 valence electrons. The van der Waals surface area contributed by atoms with Crippen molar-refractivity contribution in [2.24, 2.45) is 46.1 Å². The predicted molar refractivity (Wildman–Crippen MR) is 518 cm³/mol. The van der Waals surface area contributed by atoms with Crippen molar-refractivity contribution in [3.63, 3.8) is 0 Å². The standard InChI is InChI=1S/2C26H29N2.2C21H19N2.C20H17N2/c1-17-11-13-22-21-10-8-7-9-20(21)18(2)27-25(22)24(17)23-14-12-19(16-28(23)6)15-26(3,4)5;1-17-11-12-22-21-10-8-7-9-20(21)18(2)27-25(22)24(17)23-15-19(13-14-28(23)6)16-26(3,4)5;1-14-8-11-20(23(3)13-14)21-15(2)9-10-16-17-6-4-5-7-19(17)22-12-18(16)21;1-14-10-11-23(3)20(12-14)21-15(2)8-9-16-17-6-4-5-7-19(17)22-13-18(16)21;1-14-10-11-15-16-7-3-4-8-18(16)21-13-17(15)20(14)19-9-5-6-12-22(19)2/h7-14,16H,15H2,1-6H3;7-15H,16H2,1-6H3;2*4-13H,1-3H3;3-13H,1-2H3/q5*+1. The van der Waals surface area contributed by atoms with Crippen LogP contribution in [-0.4, -0.2) is 24.9 Å². The summed E-state index contributed by atoms with van der Waals surface area (Å²) >= 11 is 0. The number of aromatic nitrogens is 10. The van der Waals surface area contributed by atoms with Gasteiger partial charge in [-0.2, -0.15) is 0 Å². The Morgan fingerprint density at radius 2 is 0.581 bits per heavy atom. The minimum Gasteiger partial charge on any atom is -0.256 e. The van der Waals surface area contributed by atoms with Crippen molar-refractivity contribution in [1.82, 2.24) is 24.9 Å². The number of aryl methyl sites for hydroxylation is 14. The minimum absolute atomic E-state index is 0.260. The van der Waals surface area contributed by atoms with E-state index >= 15 is 0 Å². The van der Waals surface area contributed by atoms with Crippen LogP contribution >= 0.6 is 0 Å². The molecule has 10 heterocycles. The van der Waals surface area contributed by atoms with Gasteiger partial charge < -0.3 is 0 Å². The highest BCUT2D eigenvalue weighted by molar-refractivity contribution is 6.15. The molecular weight excluding hydrogens is 1510 g/mol. The van der Waals surface area contributed by atoms with Crippen LogP contribution in [0.2, 0.25) is 0 Å². The molecule has 0 aliphatic rings. The lowest BCUT2D eigenvalue weighted by molar-refractivity contribution is -0.660. The first kappa shape index (κ1) is 83.9. The molecule has 0 saturated heterocycles. The van der Waals surface area contributed by atoms with Gasteiger partial charge in [0.25, 0.3) is 0 Å². The molecule has 10 aromatic heterocycles. The summed E-state index contributed by atoms with van der Waals surface area (Å²) in [6.45, 7) is 33.1. The molecule has 0 unspecified atom stereocenters. The van der Waals surface area contributed by atoms with Crippen LogP contribution in [0.3, 0.4) is 0 Å². The van der Waals surface area contributed by atoms with Crippen LogP contribution in [-0.2, 0) is 48.1 Å². The van der Waals surface area contributed by atoms with Crippen LogP contribution in [0.25, 0.3) is 165 Å². The Labute approximate surface area is 730 Å². The number of hydrogen-bond donors (Lipinski definition) is 0. The molecule has 20 rings (SSSR count). The van der Waals surface area contributed by atoms with E-state index < -0.39 is 0 Å². The quantitative estimate of drug-likeness (QED) is 0.117. The van der Waals surface area contributed by atoms with Gasteiger partial charge in [-0.1, -0.05) is 205 Å². The summed E-state index contributed by atoms with van der Waals surface area (Å²) in [5, 5.41) is 18.5. The van der Waals surface area contributed by atoms with Crippen molar-refractivity contribution in [2.75, 3.05) is 0 Å². The Hall–Kier alpha value is -13.7. The van der Waals surface area contributed by atoms with Gasteiger partial charge in [0, 0.05) is 143 Å². The van der Waals surface area contributed by atoms with E-state index in [0.717, 1.165) is 51.8 Å². The second kappa shape index (κ2) is 34.7. The predicted octanol–water partition coefficient (Wildman–Crippen LogP) is 25.4. The second-order valence-corrected chi connectivity index (χ2v) is 36.4. The molecule has 0 aliphatic carbocycles. The van der Waals surface area contributed by atoms with Crippen molar-refractivity contribution < 1.29 is 22.8 Å². The first-order chi connectivity index (χ1) is 59.5. The van der Waals surface area contributed by atoms with E-state index in [1.54, 1.807) is 0 Å². The largest absolute Gasteiger partial charge is 0.256 e. The van der Waals surface area contributed by atoms with Crippen molar-refractivity contribution in [3.8, 4) is 56.3 Å². The van der Waals surface area contributed by atoms with Gasteiger partial charge in [-0.05, 0) is 188 Å². The Kier molecular flexibility index (Phi) is 23.5. The molecule has 0 N–H and O–H groups in total. The number of pyridine rings is 10. The number of nitrogens with zero attached hydrogens (tertiary/aromatic N) is 10. The van der Waals surface area contributed by atoms with Gasteiger partial charge in [0.15, 0.2) is 31.0 Å². The van der Waals surface area contributed by atoms with Gasteiger partial charge >= 0.3 is 0 Å². The number of rotatable bonds is 7.